The summed E-state index contributed by atoms with van der Waals surface area (Å²) < 4.78 is 5.52. The average molecular weight is 351 g/mol. The highest BCUT2D eigenvalue weighted by Gasteiger charge is 2.24. The van der Waals surface area contributed by atoms with E-state index in [1.165, 1.54) is 28.0 Å². The van der Waals surface area contributed by atoms with Gasteiger partial charge >= 0.3 is 0 Å². The third-order valence-electron chi connectivity index (χ3n) is 5.36. The Balaban J connectivity index is 2.10. The first-order chi connectivity index (χ1) is 12.7. The van der Waals surface area contributed by atoms with Gasteiger partial charge < -0.3 is 14.5 Å². The van der Waals surface area contributed by atoms with E-state index in [9.17, 15) is 0 Å². The number of rotatable bonds is 7. The molecule has 0 amide bonds. The first-order valence-electron chi connectivity index (χ1n) is 9.57. The van der Waals surface area contributed by atoms with E-state index in [0.717, 1.165) is 38.3 Å². The summed E-state index contributed by atoms with van der Waals surface area (Å²) in [5.41, 5.74) is 6.72. The molecule has 0 bridgehead atoms. The van der Waals surface area contributed by atoms with E-state index in [1.807, 2.05) is 0 Å². The first-order valence-corrected chi connectivity index (χ1v) is 9.57. The van der Waals surface area contributed by atoms with Gasteiger partial charge in [0.25, 0.3) is 0 Å². The van der Waals surface area contributed by atoms with Crippen LogP contribution in [0, 0.1) is 0 Å². The molecule has 0 spiro atoms. The van der Waals surface area contributed by atoms with Crippen LogP contribution in [-0.4, -0.2) is 43.6 Å². The van der Waals surface area contributed by atoms with E-state index in [4.69, 9.17) is 4.74 Å². The molecule has 0 radical (unpaired) electrons. The van der Waals surface area contributed by atoms with Crippen LogP contribution in [0.4, 0.5) is 0 Å². The number of ether oxygens (including phenoxy) is 1. The number of methoxy groups -OCH3 is 1. The molecule has 138 valence electrons. The predicted octanol–water partition coefficient (Wildman–Crippen LogP) is 4.63. The fourth-order valence-corrected chi connectivity index (χ4v) is 3.80. The van der Waals surface area contributed by atoms with Crippen molar-refractivity contribution in [3.05, 3.63) is 70.9 Å². The number of hydrogen-bond donors (Lipinski definition) is 0. The molecule has 1 heterocycles. The molecule has 0 saturated heterocycles. The third kappa shape index (κ3) is 3.78. The highest BCUT2D eigenvalue weighted by Crippen LogP contribution is 2.38. The van der Waals surface area contributed by atoms with Gasteiger partial charge in [-0.05, 0) is 41.9 Å². The van der Waals surface area contributed by atoms with Gasteiger partial charge in [0.1, 0.15) is 5.75 Å². The molecule has 1 aliphatic heterocycles. The summed E-state index contributed by atoms with van der Waals surface area (Å²) in [6.07, 6.45) is 1.05. The van der Waals surface area contributed by atoms with Gasteiger partial charge in [0.05, 0.1) is 7.11 Å². The summed E-state index contributed by atoms with van der Waals surface area (Å²) in [6, 6.07) is 17.2. The molecule has 0 atom stereocenters. The summed E-state index contributed by atoms with van der Waals surface area (Å²) in [6.45, 7) is 8.70. The fourth-order valence-electron chi connectivity index (χ4n) is 3.80. The molecule has 0 saturated carbocycles. The van der Waals surface area contributed by atoms with Crippen molar-refractivity contribution in [3.63, 3.8) is 0 Å². The van der Waals surface area contributed by atoms with Crippen LogP contribution in [0.1, 0.15) is 37.0 Å². The van der Waals surface area contributed by atoms with Gasteiger partial charge in [-0.1, -0.05) is 50.2 Å². The summed E-state index contributed by atoms with van der Waals surface area (Å²) >= 11 is 0. The maximum absolute atomic E-state index is 5.52. The Morgan fingerprint density at radius 3 is 2.42 bits per heavy atom. The average Bonchev–Trinajstić information content (AvgIpc) is 2.69. The molecule has 2 aromatic rings. The van der Waals surface area contributed by atoms with Crippen LogP contribution >= 0.6 is 0 Å². The van der Waals surface area contributed by atoms with E-state index < -0.39 is 0 Å². The molecule has 1 aliphatic rings. The topological polar surface area (TPSA) is 15.7 Å². The molecule has 0 N–H and O–H groups in total. The van der Waals surface area contributed by atoms with Crippen molar-refractivity contribution in [2.24, 2.45) is 0 Å². The molecular formula is C23H30N2O. The quantitative estimate of drug-likeness (QED) is 0.724. The highest BCUT2D eigenvalue weighted by atomic mass is 16.5. The second-order valence-corrected chi connectivity index (χ2v) is 6.84. The van der Waals surface area contributed by atoms with Crippen LogP contribution < -0.4 is 4.74 Å². The van der Waals surface area contributed by atoms with E-state index >= 15 is 0 Å². The van der Waals surface area contributed by atoms with Crippen LogP contribution in [0.3, 0.4) is 0 Å². The lowest BCUT2D eigenvalue weighted by molar-refractivity contribution is 0.289. The second-order valence-electron chi connectivity index (χ2n) is 6.84. The third-order valence-corrected chi connectivity index (χ3v) is 5.36. The Labute approximate surface area is 157 Å². The van der Waals surface area contributed by atoms with Crippen molar-refractivity contribution < 1.29 is 4.74 Å². The zero-order valence-electron chi connectivity index (χ0n) is 16.5. The molecule has 2 aromatic carbocycles. The van der Waals surface area contributed by atoms with Crippen LogP contribution in [0.2, 0.25) is 0 Å². The van der Waals surface area contributed by atoms with E-state index in [1.54, 1.807) is 7.11 Å². The smallest absolute Gasteiger partial charge is 0.119 e. The minimum Gasteiger partial charge on any atom is -0.497 e. The minimum absolute atomic E-state index is 0.921. The largest absolute Gasteiger partial charge is 0.497 e. The van der Waals surface area contributed by atoms with Crippen LogP contribution in [0.25, 0.3) is 5.57 Å². The molecule has 26 heavy (non-hydrogen) atoms. The molecular weight excluding hydrogens is 320 g/mol. The normalized spacial score (nSPS) is 14.0. The SMILES string of the molecule is CCN(CC)CCC1=C(c2ccccc2)c2cc(OC)ccc2CN1C. The molecule has 0 fully saturated rings. The van der Waals surface area contributed by atoms with Crippen molar-refractivity contribution in [1.29, 1.82) is 0 Å². The standard InChI is InChI=1S/C23H30N2O/c1-5-25(6-2)15-14-22-23(18-10-8-7-9-11-18)21-16-20(26-4)13-12-19(21)17-24(22)3/h7-13,16H,5-6,14-15,17H2,1-4H3. The Morgan fingerprint density at radius 1 is 1.04 bits per heavy atom. The summed E-state index contributed by atoms with van der Waals surface area (Å²) in [7, 11) is 3.96. The van der Waals surface area contributed by atoms with Crippen molar-refractivity contribution in [2.45, 2.75) is 26.8 Å². The van der Waals surface area contributed by atoms with Crippen LogP contribution in [0.5, 0.6) is 5.75 Å². The second kappa shape index (κ2) is 8.41. The van der Waals surface area contributed by atoms with Gasteiger partial charge in [-0.15, -0.1) is 0 Å². The van der Waals surface area contributed by atoms with Crippen molar-refractivity contribution in [3.8, 4) is 5.75 Å². The van der Waals surface area contributed by atoms with Gasteiger partial charge in [0, 0.05) is 37.8 Å². The van der Waals surface area contributed by atoms with Crippen LogP contribution in [0.15, 0.2) is 54.2 Å². The van der Waals surface area contributed by atoms with E-state index in [0.29, 0.717) is 0 Å². The minimum atomic E-state index is 0.921. The zero-order chi connectivity index (χ0) is 18.5. The van der Waals surface area contributed by atoms with E-state index in [2.05, 4.69) is 79.2 Å². The summed E-state index contributed by atoms with van der Waals surface area (Å²) in [5, 5.41) is 0. The Kier molecular flexibility index (Phi) is 6.00. The number of fused-ring (bicyclic) bond motifs is 1. The molecule has 0 aliphatic carbocycles. The number of nitrogens with zero attached hydrogens (tertiary/aromatic N) is 2. The van der Waals surface area contributed by atoms with Crippen molar-refractivity contribution >= 4 is 5.57 Å². The number of hydrogen-bond acceptors (Lipinski definition) is 3. The monoisotopic (exact) mass is 350 g/mol. The van der Waals surface area contributed by atoms with Gasteiger partial charge in [-0.2, -0.15) is 0 Å². The lowest BCUT2D eigenvalue weighted by atomic mass is 9.87. The molecule has 3 nitrogen and oxygen atoms in total. The van der Waals surface area contributed by atoms with Gasteiger partial charge in [-0.25, -0.2) is 0 Å². The summed E-state index contributed by atoms with van der Waals surface area (Å²) in [4.78, 5) is 4.91. The fraction of sp³-hybridized carbons (Fsp3) is 0.391. The molecule has 0 unspecified atom stereocenters. The summed E-state index contributed by atoms with van der Waals surface area (Å²) in [5.74, 6) is 0.921. The maximum atomic E-state index is 5.52. The van der Waals surface area contributed by atoms with Gasteiger partial charge in [-0.3, -0.25) is 0 Å². The van der Waals surface area contributed by atoms with Gasteiger partial charge in [0.15, 0.2) is 0 Å². The lowest BCUT2D eigenvalue weighted by Gasteiger charge is -2.34. The van der Waals surface area contributed by atoms with Crippen LogP contribution in [-0.2, 0) is 6.54 Å². The Morgan fingerprint density at radius 2 is 1.77 bits per heavy atom. The predicted molar refractivity (Wildman–Crippen MR) is 109 cm³/mol. The van der Waals surface area contributed by atoms with E-state index in [-0.39, 0.29) is 0 Å². The van der Waals surface area contributed by atoms with Crippen molar-refractivity contribution in [1.82, 2.24) is 9.80 Å². The molecule has 3 heteroatoms. The highest BCUT2D eigenvalue weighted by molar-refractivity contribution is 5.85. The molecule has 0 aromatic heterocycles. The number of benzene rings is 2. The van der Waals surface area contributed by atoms with Crippen molar-refractivity contribution in [2.75, 3.05) is 33.8 Å². The Bertz CT molecular complexity index is 763. The lowest BCUT2D eigenvalue weighted by Crippen LogP contribution is -2.29. The molecule has 3 rings (SSSR count). The van der Waals surface area contributed by atoms with Gasteiger partial charge in [0.2, 0.25) is 0 Å². The zero-order valence-corrected chi connectivity index (χ0v) is 16.5. The maximum Gasteiger partial charge on any atom is 0.119 e. The first kappa shape index (κ1) is 18.5. The Hall–Kier alpha value is -2.26.